The maximum Gasteiger partial charge on any atom is 0.0894 e. The number of hydrogen-bond acceptors (Lipinski definition) is 2. The molecule has 0 saturated carbocycles. The van der Waals surface area contributed by atoms with E-state index in [0.29, 0.717) is 0 Å². The molecule has 70 valence electrons. The lowest BCUT2D eigenvalue weighted by atomic mass is 10.2. The van der Waals surface area contributed by atoms with Crippen LogP contribution in [0.3, 0.4) is 0 Å². The highest BCUT2D eigenvalue weighted by molar-refractivity contribution is 8.07. The van der Waals surface area contributed by atoms with Crippen LogP contribution in [-0.2, 0) is 10.8 Å². The fraction of sp³-hybridized carbons (Fsp3) is 0.0909. The number of rotatable bonds is 0. The van der Waals surface area contributed by atoms with Gasteiger partial charge in [-0.1, -0.05) is 24.3 Å². The van der Waals surface area contributed by atoms with Crippen molar-refractivity contribution in [1.29, 1.82) is 0 Å². The first-order chi connectivity index (χ1) is 6.86. The molecule has 1 aromatic rings. The molecule has 0 saturated heterocycles. The van der Waals surface area contributed by atoms with Crippen LogP contribution in [0.5, 0.6) is 0 Å². The van der Waals surface area contributed by atoms with Crippen LogP contribution < -0.4 is 0 Å². The molecule has 2 atom stereocenters. The van der Waals surface area contributed by atoms with Gasteiger partial charge in [0.1, 0.15) is 0 Å². The fourth-order valence-electron chi connectivity index (χ4n) is 1.72. The Morgan fingerprint density at radius 2 is 2.14 bits per heavy atom. The summed E-state index contributed by atoms with van der Waals surface area (Å²) < 4.78 is 12.1. The second-order valence-electron chi connectivity index (χ2n) is 3.25. The molecule has 0 spiro atoms. The number of thioether (sulfide) groups is 1. The number of fused-ring (bicyclic) bond motifs is 2. The van der Waals surface area contributed by atoms with Crippen LogP contribution in [0.2, 0.25) is 0 Å². The Bertz CT molecular complexity index is 474. The van der Waals surface area contributed by atoms with Crippen LogP contribution in [0, 0.1) is 0 Å². The molecule has 0 bridgehead atoms. The summed E-state index contributed by atoms with van der Waals surface area (Å²) in [6, 6.07) is 7.91. The summed E-state index contributed by atoms with van der Waals surface area (Å²) in [5, 5.41) is 2.13. The third kappa shape index (κ3) is 1.12. The molecule has 0 aromatic heterocycles. The largest absolute Gasteiger partial charge is 0.253 e. The van der Waals surface area contributed by atoms with E-state index in [9.17, 15) is 4.21 Å². The number of hydrogen-bond donors (Lipinski definition) is 0. The minimum atomic E-state index is -0.896. The van der Waals surface area contributed by atoms with Crippen molar-refractivity contribution in [1.82, 2.24) is 0 Å². The van der Waals surface area contributed by atoms with Gasteiger partial charge in [-0.05, 0) is 23.1 Å². The van der Waals surface area contributed by atoms with Crippen molar-refractivity contribution in [3.05, 3.63) is 46.2 Å². The molecule has 3 heteroatoms. The molecular formula is C11H8OS2. The van der Waals surface area contributed by atoms with E-state index >= 15 is 0 Å². The zero-order chi connectivity index (χ0) is 9.54. The lowest BCUT2D eigenvalue weighted by molar-refractivity contribution is 0.681. The van der Waals surface area contributed by atoms with Gasteiger partial charge < -0.3 is 0 Å². The van der Waals surface area contributed by atoms with E-state index in [0.717, 1.165) is 10.5 Å². The van der Waals surface area contributed by atoms with Gasteiger partial charge in [0.05, 0.1) is 16.0 Å². The van der Waals surface area contributed by atoms with Crippen LogP contribution in [0.15, 0.2) is 45.6 Å². The first-order valence-electron chi connectivity index (χ1n) is 4.41. The molecule has 14 heavy (non-hydrogen) atoms. The van der Waals surface area contributed by atoms with E-state index in [4.69, 9.17) is 0 Å². The van der Waals surface area contributed by atoms with Crippen molar-refractivity contribution in [2.24, 2.45) is 0 Å². The SMILES string of the molecule is O=S1c2ccccc2C=C2SC=CC21. The Morgan fingerprint density at radius 1 is 1.29 bits per heavy atom. The second kappa shape index (κ2) is 3.11. The smallest absolute Gasteiger partial charge is 0.0894 e. The Labute approximate surface area is 89.4 Å². The average Bonchev–Trinajstić information content (AvgIpc) is 2.66. The van der Waals surface area contributed by atoms with Crippen molar-refractivity contribution in [3.8, 4) is 0 Å². The van der Waals surface area contributed by atoms with Crippen LogP contribution in [0.4, 0.5) is 0 Å². The topological polar surface area (TPSA) is 17.1 Å². The quantitative estimate of drug-likeness (QED) is 0.668. The lowest BCUT2D eigenvalue weighted by Crippen LogP contribution is -2.15. The van der Waals surface area contributed by atoms with Crippen LogP contribution >= 0.6 is 11.8 Å². The summed E-state index contributed by atoms with van der Waals surface area (Å²) >= 11 is 1.68. The maximum atomic E-state index is 12.1. The molecule has 0 aliphatic carbocycles. The van der Waals surface area contributed by atoms with Gasteiger partial charge in [0.2, 0.25) is 0 Å². The van der Waals surface area contributed by atoms with E-state index < -0.39 is 10.8 Å². The van der Waals surface area contributed by atoms with E-state index in [2.05, 4.69) is 6.08 Å². The van der Waals surface area contributed by atoms with Crippen molar-refractivity contribution in [2.45, 2.75) is 10.1 Å². The van der Waals surface area contributed by atoms with Crippen molar-refractivity contribution in [3.63, 3.8) is 0 Å². The molecule has 0 amide bonds. The van der Waals surface area contributed by atoms with E-state index in [-0.39, 0.29) is 5.25 Å². The average molecular weight is 220 g/mol. The Hall–Kier alpha value is -0.800. The van der Waals surface area contributed by atoms with Gasteiger partial charge in [-0.3, -0.25) is 4.21 Å². The van der Waals surface area contributed by atoms with Crippen molar-refractivity contribution >= 4 is 28.6 Å². The van der Waals surface area contributed by atoms with Gasteiger partial charge in [0.25, 0.3) is 0 Å². The minimum absolute atomic E-state index is 0.106. The van der Waals surface area contributed by atoms with Crippen molar-refractivity contribution in [2.75, 3.05) is 0 Å². The second-order valence-corrected chi connectivity index (χ2v) is 5.77. The predicted octanol–water partition coefficient (Wildman–Crippen LogP) is 2.78. The molecule has 3 rings (SSSR count). The Balaban J connectivity index is 2.23. The normalized spacial score (nSPS) is 28.1. The van der Waals surface area contributed by atoms with Gasteiger partial charge in [-0.15, -0.1) is 11.8 Å². The molecule has 0 N–H and O–H groups in total. The molecule has 0 radical (unpaired) electrons. The molecule has 2 aliphatic heterocycles. The fourth-order valence-corrected chi connectivity index (χ4v) is 4.39. The number of benzene rings is 1. The van der Waals surface area contributed by atoms with Gasteiger partial charge in [0, 0.05) is 9.80 Å². The molecular weight excluding hydrogens is 212 g/mol. The highest BCUT2D eigenvalue weighted by atomic mass is 32.2. The maximum absolute atomic E-state index is 12.1. The molecule has 0 fully saturated rings. The molecule has 2 aliphatic rings. The zero-order valence-electron chi connectivity index (χ0n) is 7.34. The summed E-state index contributed by atoms with van der Waals surface area (Å²) in [6.07, 6.45) is 4.18. The lowest BCUT2D eigenvalue weighted by Gasteiger charge is -2.18. The van der Waals surface area contributed by atoms with Gasteiger partial charge in [-0.25, -0.2) is 0 Å². The predicted molar refractivity (Wildman–Crippen MR) is 61.3 cm³/mol. The summed E-state index contributed by atoms with van der Waals surface area (Å²) in [7, 11) is -0.896. The Kier molecular flexibility index (Phi) is 1.89. The highest BCUT2D eigenvalue weighted by Crippen LogP contribution is 2.40. The third-order valence-electron chi connectivity index (χ3n) is 2.40. The van der Waals surface area contributed by atoms with Crippen LogP contribution in [-0.4, -0.2) is 9.46 Å². The van der Waals surface area contributed by atoms with Gasteiger partial charge >= 0.3 is 0 Å². The molecule has 1 aromatic carbocycles. The van der Waals surface area contributed by atoms with Crippen molar-refractivity contribution < 1.29 is 4.21 Å². The summed E-state index contributed by atoms with van der Waals surface area (Å²) in [5.74, 6) is 0. The van der Waals surface area contributed by atoms with Gasteiger partial charge in [0.15, 0.2) is 0 Å². The zero-order valence-corrected chi connectivity index (χ0v) is 8.98. The third-order valence-corrected chi connectivity index (χ3v) is 5.17. The van der Waals surface area contributed by atoms with Crippen LogP contribution in [0.1, 0.15) is 5.56 Å². The van der Waals surface area contributed by atoms with E-state index in [1.165, 1.54) is 4.91 Å². The van der Waals surface area contributed by atoms with E-state index in [1.807, 2.05) is 35.7 Å². The van der Waals surface area contributed by atoms with E-state index in [1.54, 1.807) is 11.8 Å². The summed E-state index contributed by atoms with van der Waals surface area (Å²) in [4.78, 5) is 2.18. The van der Waals surface area contributed by atoms with Crippen LogP contribution in [0.25, 0.3) is 6.08 Å². The summed E-state index contributed by atoms with van der Waals surface area (Å²) in [6.45, 7) is 0. The summed E-state index contributed by atoms with van der Waals surface area (Å²) in [5.41, 5.74) is 1.10. The monoisotopic (exact) mass is 220 g/mol. The molecule has 2 heterocycles. The molecule has 2 unspecified atom stereocenters. The first kappa shape index (κ1) is 8.50. The first-order valence-corrected chi connectivity index (χ1v) is 6.50. The standard InChI is InChI=1S/C11H8OS2/c12-14-10-4-2-1-3-8(10)7-9-11(14)5-6-13-9/h1-7,11H. The highest BCUT2D eigenvalue weighted by Gasteiger charge is 2.28. The molecule has 1 nitrogen and oxygen atoms in total. The van der Waals surface area contributed by atoms with Gasteiger partial charge in [-0.2, -0.15) is 0 Å². The minimum Gasteiger partial charge on any atom is -0.253 e. The Morgan fingerprint density at radius 3 is 3.07 bits per heavy atom.